The number of ether oxygens (including phenoxy) is 1. The summed E-state index contributed by atoms with van der Waals surface area (Å²) in [5, 5.41) is 6.38. The standard InChI is InChI=1S/C19H19FN4O2.HI/c1-21-19(24-13-17-3-2-10-25-17)23-12-14-8-9-22-18(11-14)26-16-6-4-15(20)5-7-16;/h2-11H,12-13H2,1H3,(H2,21,23,24);1H. The molecule has 0 amide bonds. The van der Waals surface area contributed by atoms with Crippen molar-refractivity contribution in [1.29, 1.82) is 0 Å². The minimum absolute atomic E-state index is 0. The number of nitrogens with zero attached hydrogens (tertiary/aromatic N) is 2. The van der Waals surface area contributed by atoms with Gasteiger partial charge in [0.1, 0.15) is 17.3 Å². The van der Waals surface area contributed by atoms with Crippen LogP contribution >= 0.6 is 24.0 Å². The molecule has 0 aliphatic heterocycles. The van der Waals surface area contributed by atoms with E-state index in [0.717, 1.165) is 11.3 Å². The van der Waals surface area contributed by atoms with Gasteiger partial charge in [0.05, 0.1) is 12.8 Å². The van der Waals surface area contributed by atoms with Gasteiger partial charge in [0, 0.05) is 25.9 Å². The molecule has 6 nitrogen and oxygen atoms in total. The van der Waals surface area contributed by atoms with Crippen molar-refractivity contribution >= 4 is 29.9 Å². The van der Waals surface area contributed by atoms with Crippen LogP contribution in [0.1, 0.15) is 11.3 Å². The lowest BCUT2D eigenvalue weighted by Gasteiger charge is -2.11. The molecule has 0 aliphatic carbocycles. The van der Waals surface area contributed by atoms with E-state index in [-0.39, 0.29) is 29.8 Å². The van der Waals surface area contributed by atoms with E-state index in [1.165, 1.54) is 12.1 Å². The van der Waals surface area contributed by atoms with E-state index in [0.29, 0.717) is 30.7 Å². The van der Waals surface area contributed by atoms with Gasteiger partial charge in [-0.05, 0) is 48.0 Å². The second-order valence-electron chi connectivity index (χ2n) is 5.42. The lowest BCUT2D eigenvalue weighted by atomic mass is 10.2. The van der Waals surface area contributed by atoms with Crippen molar-refractivity contribution in [2.75, 3.05) is 7.05 Å². The maximum Gasteiger partial charge on any atom is 0.219 e. The van der Waals surface area contributed by atoms with Crippen LogP contribution in [0, 0.1) is 5.82 Å². The lowest BCUT2D eigenvalue weighted by molar-refractivity contribution is 0.460. The Morgan fingerprint density at radius 1 is 1.15 bits per heavy atom. The number of hydrogen-bond donors (Lipinski definition) is 2. The smallest absolute Gasteiger partial charge is 0.219 e. The zero-order valence-corrected chi connectivity index (χ0v) is 17.0. The molecule has 2 heterocycles. The predicted molar refractivity (Wildman–Crippen MR) is 112 cm³/mol. The van der Waals surface area contributed by atoms with E-state index in [9.17, 15) is 4.39 Å². The molecule has 0 fully saturated rings. The fourth-order valence-corrected chi connectivity index (χ4v) is 2.23. The normalized spacial score (nSPS) is 10.8. The topological polar surface area (TPSA) is 71.7 Å². The molecule has 1 aromatic carbocycles. The largest absolute Gasteiger partial charge is 0.467 e. The highest BCUT2D eigenvalue weighted by molar-refractivity contribution is 14.0. The van der Waals surface area contributed by atoms with Crippen LogP contribution in [0.5, 0.6) is 11.6 Å². The molecule has 0 bridgehead atoms. The van der Waals surface area contributed by atoms with Crippen molar-refractivity contribution in [3.05, 3.63) is 78.1 Å². The Hall–Kier alpha value is -2.62. The number of aromatic nitrogens is 1. The third kappa shape index (κ3) is 6.55. The van der Waals surface area contributed by atoms with Gasteiger partial charge >= 0.3 is 0 Å². The maximum atomic E-state index is 12.9. The summed E-state index contributed by atoms with van der Waals surface area (Å²) in [7, 11) is 1.70. The first-order chi connectivity index (χ1) is 12.7. The van der Waals surface area contributed by atoms with Gasteiger partial charge in [0.2, 0.25) is 5.88 Å². The Balaban J connectivity index is 0.00000261. The summed E-state index contributed by atoms with van der Waals surface area (Å²) >= 11 is 0. The van der Waals surface area contributed by atoms with Gasteiger partial charge in [-0.15, -0.1) is 24.0 Å². The molecule has 0 atom stereocenters. The highest BCUT2D eigenvalue weighted by Gasteiger charge is 2.04. The molecule has 0 saturated carbocycles. The molecule has 142 valence electrons. The molecule has 0 radical (unpaired) electrons. The molecule has 3 rings (SSSR count). The minimum Gasteiger partial charge on any atom is -0.467 e. The Kier molecular flexibility index (Phi) is 8.05. The molecule has 0 spiro atoms. The predicted octanol–water partition coefficient (Wildman–Crippen LogP) is 4.09. The number of benzene rings is 1. The zero-order valence-electron chi connectivity index (χ0n) is 14.7. The van der Waals surface area contributed by atoms with Gasteiger partial charge in [-0.1, -0.05) is 0 Å². The second kappa shape index (κ2) is 10.5. The number of hydrogen-bond acceptors (Lipinski definition) is 4. The van der Waals surface area contributed by atoms with Crippen molar-refractivity contribution in [2.24, 2.45) is 4.99 Å². The van der Waals surface area contributed by atoms with Crippen molar-refractivity contribution in [2.45, 2.75) is 13.1 Å². The third-order valence-corrected chi connectivity index (χ3v) is 3.53. The molecule has 0 unspecified atom stereocenters. The van der Waals surface area contributed by atoms with Gasteiger partial charge in [-0.3, -0.25) is 4.99 Å². The van der Waals surface area contributed by atoms with Gasteiger partial charge in [0.25, 0.3) is 0 Å². The van der Waals surface area contributed by atoms with E-state index in [1.807, 2.05) is 24.3 Å². The van der Waals surface area contributed by atoms with Gasteiger partial charge in [0.15, 0.2) is 5.96 Å². The summed E-state index contributed by atoms with van der Waals surface area (Å²) in [6.07, 6.45) is 3.29. The zero-order chi connectivity index (χ0) is 18.2. The number of pyridine rings is 1. The Bertz CT molecular complexity index is 854. The average Bonchev–Trinajstić information content (AvgIpc) is 3.18. The third-order valence-electron chi connectivity index (χ3n) is 3.53. The molecule has 8 heteroatoms. The number of aliphatic imine (C=N–C) groups is 1. The van der Waals surface area contributed by atoms with Crippen LogP contribution in [0.25, 0.3) is 0 Å². The van der Waals surface area contributed by atoms with E-state index in [4.69, 9.17) is 9.15 Å². The summed E-state index contributed by atoms with van der Waals surface area (Å²) < 4.78 is 23.9. The molecule has 2 N–H and O–H groups in total. The van der Waals surface area contributed by atoms with Crippen molar-refractivity contribution < 1.29 is 13.5 Å². The first-order valence-electron chi connectivity index (χ1n) is 8.08. The average molecular weight is 482 g/mol. The highest BCUT2D eigenvalue weighted by atomic mass is 127. The number of guanidine groups is 1. The minimum atomic E-state index is -0.309. The summed E-state index contributed by atoms with van der Waals surface area (Å²) in [5.74, 6) is 2.14. The molecule has 0 aliphatic rings. The van der Waals surface area contributed by atoms with E-state index in [2.05, 4.69) is 20.6 Å². The van der Waals surface area contributed by atoms with Crippen LogP contribution in [0.3, 0.4) is 0 Å². The maximum absolute atomic E-state index is 12.9. The van der Waals surface area contributed by atoms with Crippen molar-refractivity contribution in [3.8, 4) is 11.6 Å². The van der Waals surface area contributed by atoms with Gasteiger partial charge < -0.3 is 19.8 Å². The van der Waals surface area contributed by atoms with E-state index < -0.39 is 0 Å². The van der Waals surface area contributed by atoms with Crippen molar-refractivity contribution in [3.63, 3.8) is 0 Å². The van der Waals surface area contributed by atoms with E-state index >= 15 is 0 Å². The highest BCUT2D eigenvalue weighted by Crippen LogP contribution is 2.20. The molecule has 2 aromatic heterocycles. The number of halogens is 2. The summed E-state index contributed by atoms with van der Waals surface area (Å²) in [4.78, 5) is 8.34. The first kappa shape index (κ1) is 20.7. The summed E-state index contributed by atoms with van der Waals surface area (Å²) in [6, 6.07) is 13.2. The number of rotatable bonds is 6. The monoisotopic (exact) mass is 482 g/mol. The van der Waals surface area contributed by atoms with Gasteiger partial charge in [-0.25, -0.2) is 9.37 Å². The van der Waals surface area contributed by atoms with Crippen molar-refractivity contribution in [1.82, 2.24) is 15.6 Å². The quantitative estimate of drug-likeness (QED) is 0.315. The molecule has 3 aromatic rings. The summed E-state index contributed by atoms with van der Waals surface area (Å²) in [5.41, 5.74) is 0.970. The van der Waals surface area contributed by atoms with E-state index in [1.54, 1.807) is 31.6 Å². The Morgan fingerprint density at radius 2 is 1.93 bits per heavy atom. The Morgan fingerprint density at radius 3 is 2.63 bits per heavy atom. The van der Waals surface area contributed by atoms with Crippen LogP contribution in [-0.2, 0) is 13.1 Å². The van der Waals surface area contributed by atoms with Gasteiger partial charge in [-0.2, -0.15) is 0 Å². The summed E-state index contributed by atoms with van der Waals surface area (Å²) in [6.45, 7) is 1.09. The number of furan rings is 1. The second-order valence-corrected chi connectivity index (χ2v) is 5.42. The Labute approximate surface area is 173 Å². The fourth-order valence-electron chi connectivity index (χ4n) is 2.23. The van der Waals surface area contributed by atoms with Crippen LogP contribution in [0.15, 0.2) is 70.4 Å². The molecule has 0 saturated heterocycles. The van der Waals surface area contributed by atoms with Crippen LogP contribution in [0.2, 0.25) is 0 Å². The first-order valence-corrected chi connectivity index (χ1v) is 8.08. The SMILES string of the molecule is CN=C(NCc1ccnc(Oc2ccc(F)cc2)c1)NCc1ccco1.I. The molecular formula is C19H20FIN4O2. The lowest BCUT2D eigenvalue weighted by Crippen LogP contribution is -2.36. The van der Waals surface area contributed by atoms with Crippen LogP contribution in [-0.4, -0.2) is 18.0 Å². The van der Waals surface area contributed by atoms with Crippen LogP contribution < -0.4 is 15.4 Å². The fraction of sp³-hybridized carbons (Fsp3) is 0.158. The molecular weight excluding hydrogens is 462 g/mol. The number of nitrogens with one attached hydrogen (secondary N) is 2. The molecule has 27 heavy (non-hydrogen) atoms. The van der Waals surface area contributed by atoms with Crippen LogP contribution in [0.4, 0.5) is 4.39 Å².